The molecule has 0 radical (unpaired) electrons. The van der Waals surface area contributed by atoms with Gasteiger partial charge in [0.1, 0.15) is 0 Å². The summed E-state index contributed by atoms with van der Waals surface area (Å²) in [7, 11) is 0. The van der Waals surface area contributed by atoms with Crippen LogP contribution < -0.4 is 0 Å². The van der Waals surface area contributed by atoms with Gasteiger partial charge in [0.15, 0.2) is 0 Å². The third kappa shape index (κ3) is 6.94. The molecule has 1 N–H and O–H groups in total. The van der Waals surface area contributed by atoms with Crippen LogP contribution in [0.15, 0.2) is 0 Å². The highest BCUT2D eigenvalue weighted by Crippen LogP contribution is 2.34. The third-order valence-electron chi connectivity index (χ3n) is 3.48. The van der Waals surface area contributed by atoms with E-state index in [0.717, 1.165) is 19.3 Å². The molecular formula is C14H30O. The highest BCUT2D eigenvalue weighted by atomic mass is 16.3. The Morgan fingerprint density at radius 3 is 1.80 bits per heavy atom. The molecule has 0 aliphatic carbocycles. The van der Waals surface area contributed by atoms with E-state index in [1.54, 1.807) is 0 Å². The second-order valence-electron chi connectivity index (χ2n) is 6.90. The van der Waals surface area contributed by atoms with Crippen LogP contribution in [0.25, 0.3) is 0 Å². The average molecular weight is 214 g/mol. The molecule has 0 spiro atoms. The lowest BCUT2D eigenvalue weighted by Gasteiger charge is -2.34. The van der Waals surface area contributed by atoms with E-state index < -0.39 is 5.60 Å². The van der Waals surface area contributed by atoms with E-state index in [9.17, 15) is 5.11 Å². The van der Waals surface area contributed by atoms with Gasteiger partial charge in [-0.1, -0.05) is 41.5 Å². The second kappa shape index (κ2) is 5.34. The minimum absolute atomic E-state index is 0.293. The second-order valence-corrected chi connectivity index (χ2v) is 6.90. The Bertz CT molecular complexity index is 174. The summed E-state index contributed by atoms with van der Waals surface area (Å²) in [6.07, 6.45) is 2.94. The third-order valence-corrected chi connectivity index (χ3v) is 3.48. The summed E-state index contributed by atoms with van der Waals surface area (Å²) in [4.78, 5) is 0. The molecule has 0 aromatic carbocycles. The summed E-state index contributed by atoms with van der Waals surface area (Å²) in [5, 5.41) is 10.3. The zero-order valence-electron chi connectivity index (χ0n) is 11.7. The Labute approximate surface area is 96.3 Å². The van der Waals surface area contributed by atoms with Crippen LogP contribution in [-0.2, 0) is 0 Å². The first-order chi connectivity index (χ1) is 6.54. The SMILES string of the molecule is CC(C)CCC(C)(O)CC(C)C(C)(C)C. The number of rotatable bonds is 5. The fourth-order valence-electron chi connectivity index (χ4n) is 1.67. The molecule has 0 aromatic rings. The Kier molecular flexibility index (Phi) is 5.32. The van der Waals surface area contributed by atoms with E-state index in [4.69, 9.17) is 0 Å². The summed E-state index contributed by atoms with van der Waals surface area (Å²) in [5.41, 5.74) is -0.196. The molecule has 0 aliphatic heterocycles. The van der Waals surface area contributed by atoms with Crippen molar-refractivity contribution in [3.63, 3.8) is 0 Å². The van der Waals surface area contributed by atoms with Crippen LogP contribution in [0, 0.1) is 17.3 Å². The summed E-state index contributed by atoms with van der Waals surface area (Å²) in [6.45, 7) is 15.4. The Morgan fingerprint density at radius 1 is 1.00 bits per heavy atom. The maximum atomic E-state index is 10.3. The number of hydrogen-bond donors (Lipinski definition) is 1. The average Bonchev–Trinajstić information content (AvgIpc) is 1.98. The van der Waals surface area contributed by atoms with Crippen molar-refractivity contribution in [1.29, 1.82) is 0 Å². The Morgan fingerprint density at radius 2 is 1.47 bits per heavy atom. The molecule has 0 bridgehead atoms. The van der Waals surface area contributed by atoms with Crippen molar-refractivity contribution < 1.29 is 5.11 Å². The predicted octanol–water partition coefficient (Wildman–Crippen LogP) is 4.25. The van der Waals surface area contributed by atoms with Crippen LogP contribution in [0.3, 0.4) is 0 Å². The minimum atomic E-state index is -0.489. The van der Waals surface area contributed by atoms with E-state index in [0.29, 0.717) is 17.3 Å². The molecule has 0 saturated heterocycles. The quantitative estimate of drug-likeness (QED) is 0.725. The van der Waals surface area contributed by atoms with Crippen LogP contribution in [-0.4, -0.2) is 10.7 Å². The Hall–Kier alpha value is -0.0400. The molecule has 2 atom stereocenters. The number of aliphatic hydroxyl groups is 1. The van der Waals surface area contributed by atoms with Crippen LogP contribution in [0.4, 0.5) is 0 Å². The lowest BCUT2D eigenvalue weighted by atomic mass is 9.75. The molecule has 0 amide bonds. The summed E-state index contributed by atoms with van der Waals surface area (Å²) >= 11 is 0. The maximum Gasteiger partial charge on any atom is 0.0622 e. The van der Waals surface area contributed by atoms with Crippen LogP contribution in [0.1, 0.15) is 67.7 Å². The molecule has 0 fully saturated rings. The van der Waals surface area contributed by atoms with Gasteiger partial charge in [0, 0.05) is 0 Å². The van der Waals surface area contributed by atoms with Gasteiger partial charge in [0.25, 0.3) is 0 Å². The van der Waals surface area contributed by atoms with Crippen molar-refractivity contribution in [2.45, 2.75) is 73.3 Å². The van der Waals surface area contributed by atoms with Gasteiger partial charge in [0.2, 0.25) is 0 Å². The standard InChI is InChI=1S/C14H30O/c1-11(2)8-9-14(7,15)10-12(3)13(4,5)6/h11-12,15H,8-10H2,1-7H3. The molecule has 0 saturated carbocycles. The molecule has 2 unspecified atom stereocenters. The van der Waals surface area contributed by atoms with E-state index in [2.05, 4.69) is 41.5 Å². The van der Waals surface area contributed by atoms with Gasteiger partial charge in [-0.3, -0.25) is 0 Å². The van der Waals surface area contributed by atoms with Crippen molar-refractivity contribution >= 4 is 0 Å². The lowest BCUT2D eigenvalue weighted by Crippen LogP contribution is -2.31. The molecular weight excluding hydrogens is 184 g/mol. The van der Waals surface area contributed by atoms with Crippen molar-refractivity contribution in [3.05, 3.63) is 0 Å². The predicted molar refractivity (Wildman–Crippen MR) is 67.9 cm³/mol. The summed E-state index contributed by atoms with van der Waals surface area (Å²) in [5.74, 6) is 1.24. The van der Waals surface area contributed by atoms with Crippen LogP contribution in [0.5, 0.6) is 0 Å². The molecule has 1 nitrogen and oxygen atoms in total. The van der Waals surface area contributed by atoms with Crippen molar-refractivity contribution in [3.8, 4) is 0 Å². The van der Waals surface area contributed by atoms with Crippen molar-refractivity contribution in [2.75, 3.05) is 0 Å². The van der Waals surface area contributed by atoms with Gasteiger partial charge in [-0.2, -0.15) is 0 Å². The lowest BCUT2D eigenvalue weighted by molar-refractivity contribution is 0.00582. The van der Waals surface area contributed by atoms with Crippen molar-refractivity contribution in [1.82, 2.24) is 0 Å². The number of hydrogen-bond acceptors (Lipinski definition) is 1. The highest BCUT2D eigenvalue weighted by Gasteiger charge is 2.29. The molecule has 0 aliphatic rings. The van der Waals surface area contributed by atoms with Gasteiger partial charge in [0.05, 0.1) is 5.60 Å². The summed E-state index contributed by atoms with van der Waals surface area (Å²) < 4.78 is 0. The summed E-state index contributed by atoms with van der Waals surface area (Å²) in [6, 6.07) is 0. The van der Waals surface area contributed by atoms with Gasteiger partial charge >= 0.3 is 0 Å². The minimum Gasteiger partial charge on any atom is -0.390 e. The molecule has 0 aromatic heterocycles. The monoisotopic (exact) mass is 214 g/mol. The largest absolute Gasteiger partial charge is 0.390 e. The molecule has 0 heterocycles. The van der Waals surface area contributed by atoms with E-state index in [1.807, 2.05) is 6.92 Å². The van der Waals surface area contributed by atoms with E-state index >= 15 is 0 Å². The first-order valence-electron chi connectivity index (χ1n) is 6.27. The van der Waals surface area contributed by atoms with Crippen molar-refractivity contribution in [2.24, 2.45) is 17.3 Å². The fraction of sp³-hybridized carbons (Fsp3) is 1.00. The molecule has 0 rings (SSSR count). The molecule has 92 valence electrons. The van der Waals surface area contributed by atoms with Gasteiger partial charge in [-0.15, -0.1) is 0 Å². The zero-order valence-corrected chi connectivity index (χ0v) is 11.7. The molecule has 1 heteroatoms. The van der Waals surface area contributed by atoms with Crippen LogP contribution >= 0.6 is 0 Å². The first kappa shape index (κ1) is 15.0. The first-order valence-corrected chi connectivity index (χ1v) is 6.27. The molecule has 15 heavy (non-hydrogen) atoms. The van der Waals surface area contributed by atoms with Gasteiger partial charge in [-0.05, 0) is 43.4 Å². The highest BCUT2D eigenvalue weighted by molar-refractivity contribution is 4.81. The van der Waals surface area contributed by atoms with Gasteiger partial charge in [-0.25, -0.2) is 0 Å². The van der Waals surface area contributed by atoms with E-state index in [1.165, 1.54) is 0 Å². The smallest absolute Gasteiger partial charge is 0.0622 e. The Balaban J connectivity index is 4.13. The maximum absolute atomic E-state index is 10.3. The fourth-order valence-corrected chi connectivity index (χ4v) is 1.67. The normalized spacial score (nSPS) is 19.0. The van der Waals surface area contributed by atoms with Gasteiger partial charge < -0.3 is 5.11 Å². The topological polar surface area (TPSA) is 20.2 Å². The zero-order chi connectivity index (χ0) is 12.3. The van der Waals surface area contributed by atoms with E-state index in [-0.39, 0.29) is 0 Å². The van der Waals surface area contributed by atoms with Crippen LogP contribution in [0.2, 0.25) is 0 Å².